The number of aliphatic hydroxyl groups excluding tert-OH is 1. The Morgan fingerprint density at radius 3 is 2.00 bits per heavy atom. The maximum atomic E-state index is 11.2. The summed E-state index contributed by atoms with van der Waals surface area (Å²) < 4.78 is 2.08. The summed E-state index contributed by atoms with van der Waals surface area (Å²) in [6.07, 6.45) is 1.37. The van der Waals surface area contributed by atoms with E-state index in [0.29, 0.717) is 8.95 Å². The predicted octanol–water partition coefficient (Wildman–Crippen LogP) is 8.24. The first-order valence-corrected chi connectivity index (χ1v) is 14.3. The van der Waals surface area contributed by atoms with E-state index in [1.807, 2.05) is 0 Å². The summed E-state index contributed by atoms with van der Waals surface area (Å²) in [6, 6.07) is 19.1. The van der Waals surface area contributed by atoms with Crippen LogP contribution in [-0.4, -0.2) is 21.1 Å². The van der Waals surface area contributed by atoms with Crippen molar-refractivity contribution in [1.82, 2.24) is 0 Å². The monoisotopic (exact) mass is 704 g/mol. The van der Waals surface area contributed by atoms with Gasteiger partial charge in [-0.1, -0.05) is 94.2 Å². The minimum atomic E-state index is -0.726. The molecule has 1 spiro atoms. The van der Waals surface area contributed by atoms with Crippen LogP contribution in [0.1, 0.15) is 36.1 Å². The van der Waals surface area contributed by atoms with E-state index in [4.69, 9.17) is 0 Å². The van der Waals surface area contributed by atoms with Crippen LogP contribution in [0.25, 0.3) is 11.1 Å². The van der Waals surface area contributed by atoms with Crippen molar-refractivity contribution in [3.05, 3.63) is 108 Å². The summed E-state index contributed by atoms with van der Waals surface area (Å²) in [4.78, 5) is -0.328. The molecule has 3 aromatic rings. The van der Waals surface area contributed by atoms with E-state index < -0.39 is 11.5 Å². The normalized spacial score (nSPS) is 23.2. The molecule has 0 fully saturated rings. The van der Waals surface area contributed by atoms with Gasteiger partial charge in [-0.15, -0.1) is 0 Å². The van der Waals surface area contributed by atoms with E-state index >= 15 is 0 Å². The SMILES string of the molecule is CC1(C)C2=C(C(Br)C(O)C(Br)=C2)C2(c3ccccc3-c3ccccc32)c2c1cc(Br)c(O)c2Br. The molecule has 3 aliphatic rings. The van der Waals surface area contributed by atoms with Crippen molar-refractivity contribution >= 4 is 63.7 Å². The molecule has 0 radical (unpaired) electrons. The molecule has 3 aliphatic carbocycles. The van der Waals surface area contributed by atoms with Crippen molar-refractivity contribution in [2.24, 2.45) is 0 Å². The number of phenolic OH excluding ortho intramolecular Hbond substituents is 1. The van der Waals surface area contributed by atoms with Crippen molar-refractivity contribution in [3.63, 3.8) is 0 Å². The van der Waals surface area contributed by atoms with Crippen molar-refractivity contribution in [3.8, 4) is 16.9 Å². The molecule has 34 heavy (non-hydrogen) atoms. The topological polar surface area (TPSA) is 40.5 Å². The lowest BCUT2D eigenvalue weighted by atomic mass is 9.53. The largest absolute Gasteiger partial charge is 0.506 e. The van der Waals surface area contributed by atoms with Crippen LogP contribution in [0.3, 0.4) is 0 Å². The van der Waals surface area contributed by atoms with E-state index in [1.165, 1.54) is 11.1 Å². The van der Waals surface area contributed by atoms with Gasteiger partial charge in [-0.2, -0.15) is 0 Å². The molecular weight excluding hydrogens is 688 g/mol. The standard InChI is InChI=1S/C28H20Br4O2/c1-27(2)17-11-19(29)25(33)23(31)21(17)28(22-18(27)12-20(30)26(34)24(22)32)15-9-5-3-7-13(15)14-8-4-6-10-16(14)28/h3-12,23,25,33-34H,1-2H3. The van der Waals surface area contributed by atoms with E-state index in [-0.39, 0.29) is 16.0 Å². The molecule has 0 amide bonds. The van der Waals surface area contributed by atoms with Gasteiger partial charge in [0, 0.05) is 9.90 Å². The molecule has 0 bridgehead atoms. The number of hydrogen-bond acceptors (Lipinski definition) is 2. The maximum absolute atomic E-state index is 11.2. The molecule has 2 atom stereocenters. The van der Waals surface area contributed by atoms with Crippen LogP contribution in [0.2, 0.25) is 0 Å². The number of aromatic hydroxyl groups is 1. The molecule has 0 saturated heterocycles. The highest BCUT2D eigenvalue weighted by Crippen LogP contribution is 2.67. The van der Waals surface area contributed by atoms with Gasteiger partial charge in [0.25, 0.3) is 0 Å². The van der Waals surface area contributed by atoms with Gasteiger partial charge in [-0.3, -0.25) is 0 Å². The third-order valence-electron chi connectivity index (χ3n) is 7.68. The molecule has 0 aromatic heterocycles. The summed E-state index contributed by atoms with van der Waals surface area (Å²) in [5, 5.41) is 22.4. The van der Waals surface area contributed by atoms with Crippen LogP contribution >= 0.6 is 63.7 Å². The van der Waals surface area contributed by atoms with E-state index in [1.54, 1.807) is 0 Å². The zero-order chi connectivity index (χ0) is 24.2. The van der Waals surface area contributed by atoms with Crippen molar-refractivity contribution < 1.29 is 10.2 Å². The van der Waals surface area contributed by atoms with Crippen molar-refractivity contribution in [2.45, 2.75) is 35.6 Å². The third kappa shape index (κ3) is 2.70. The smallest absolute Gasteiger partial charge is 0.144 e. The van der Waals surface area contributed by atoms with Crippen LogP contribution in [-0.2, 0) is 10.8 Å². The number of fused-ring (bicyclic) bond motifs is 8. The number of benzene rings is 3. The lowest BCUT2D eigenvalue weighted by molar-refractivity contribution is 0.220. The molecule has 0 aliphatic heterocycles. The highest BCUT2D eigenvalue weighted by molar-refractivity contribution is 9.12. The van der Waals surface area contributed by atoms with Crippen LogP contribution in [0, 0.1) is 0 Å². The van der Waals surface area contributed by atoms with Gasteiger partial charge >= 0.3 is 0 Å². The predicted molar refractivity (Wildman–Crippen MR) is 151 cm³/mol. The van der Waals surface area contributed by atoms with Crippen molar-refractivity contribution in [2.75, 3.05) is 0 Å². The third-order valence-corrected chi connectivity index (χ3v) is 10.7. The number of aliphatic hydroxyl groups is 1. The Bertz CT molecular complexity index is 1420. The average Bonchev–Trinajstić information content (AvgIpc) is 3.10. The second-order valence-electron chi connectivity index (χ2n) is 9.61. The van der Waals surface area contributed by atoms with Gasteiger partial charge in [0.15, 0.2) is 0 Å². The Balaban J connectivity index is 1.92. The number of halogens is 4. The molecule has 2 unspecified atom stereocenters. The fraction of sp³-hybridized carbons (Fsp3) is 0.214. The van der Waals surface area contributed by atoms with Crippen LogP contribution in [0.15, 0.2) is 85.2 Å². The number of phenols is 1. The Hall–Kier alpha value is -1.18. The number of alkyl halides is 1. The van der Waals surface area contributed by atoms with E-state index in [2.05, 4.69) is 138 Å². The van der Waals surface area contributed by atoms with E-state index in [0.717, 1.165) is 37.9 Å². The van der Waals surface area contributed by atoms with Gasteiger partial charge in [0.2, 0.25) is 0 Å². The Labute approximate surface area is 232 Å². The van der Waals surface area contributed by atoms with Crippen LogP contribution < -0.4 is 0 Å². The Kier molecular flexibility index (Phi) is 5.23. The minimum absolute atomic E-state index is 0.180. The van der Waals surface area contributed by atoms with Crippen LogP contribution in [0.5, 0.6) is 5.75 Å². The lowest BCUT2D eigenvalue weighted by Gasteiger charge is -2.51. The first kappa shape index (κ1) is 23.2. The number of rotatable bonds is 0. The Morgan fingerprint density at radius 2 is 1.41 bits per heavy atom. The molecule has 6 rings (SSSR count). The molecule has 3 aromatic carbocycles. The molecule has 172 valence electrons. The molecule has 2 nitrogen and oxygen atoms in total. The van der Waals surface area contributed by atoms with Gasteiger partial charge in [-0.25, -0.2) is 0 Å². The fourth-order valence-electron chi connectivity index (χ4n) is 6.22. The second kappa shape index (κ2) is 7.66. The molecule has 0 heterocycles. The zero-order valence-electron chi connectivity index (χ0n) is 18.3. The van der Waals surface area contributed by atoms with Gasteiger partial charge in [0.1, 0.15) is 11.9 Å². The summed E-state index contributed by atoms with van der Waals surface area (Å²) in [6.45, 7) is 4.43. The van der Waals surface area contributed by atoms with Gasteiger partial charge in [0.05, 0.1) is 19.2 Å². The Morgan fingerprint density at radius 1 is 0.853 bits per heavy atom. The van der Waals surface area contributed by atoms with Gasteiger partial charge < -0.3 is 10.2 Å². The first-order chi connectivity index (χ1) is 16.1. The highest BCUT2D eigenvalue weighted by atomic mass is 79.9. The summed E-state index contributed by atoms with van der Waals surface area (Å²) in [7, 11) is 0. The van der Waals surface area contributed by atoms with Gasteiger partial charge in [-0.05, 0) is 88.5 Å². The average molecular weight is 708 g/mol. The minimum Gasteiger partial charge on any atom is -0.506 e. The van der Waals surface area contributed by atoms with Crippen molar-refractivity contribution in [1.29, 1.82) is 0 Å². The summed E-state index contributed by atoms with van der Waals surface area (Å²) in [5.41, 5.74) is 8.02. The molecule has 2 N–H and O–H groups in total. The summed E-state index contributed by atoms with van der Waals surface area (Å²) in [5.74, 6) is 0.180. The highest BCUT2D eigenvalue weighted by Gasteiger charge is 2.58. The maximum Gasteiger partial charge on any atom is 0.144 e. The first-order valence-electron chi connectivity index (χ1n) is 11.0. The quantitative estimate of drug-likeness (QED) is 0.231. The van der Waals surface area contributed by atoms with Crippen LogP contribution in [0.4, 0.5) is 0 Å². The van der Waals surface area contributed by atoms with E-state index in [9.17, 15) is 10.2 Å². The molecular formula is C28H20Br4O2. The fourth-order valence-corrected chi connectivity index (χ4v) is 9.36. The second-order valence-corrected chi connectivity index (χ2v) is 13.2. The zero-order valence-corrected chi connectivity index (χ0v) is 24.7. The number of hydrogen-bond donors (Lipinski definition) is 2. The molecule has 0 saturated carbocycles. The lowest BCUT2D eigenvalue weighted by Crippen LogP contribution is -2.47. The molecule has 6 heteroatoms. The number of allylic oxidation sites excluding steroid dienone is 2. The summed E-state index contributed by atoms with van der Waals surface area (Å²) >= 11 is 15.0.